The third-order valence-corrected chi connectivity index (χ3v) is 4.20. The molecule has 0 bridgehead atoms. The molecule has 0 aliphatic carbocycles. The lowest BCUT2D eigenvalue weighted by Crippen LogP contribution is -2.34. The number of hydrogen-bond acceptors (Lipinski definition) is 3. The van der Waals surface area contributed by atoms with Crippen molar-refractivity contribution < 1.29 is 0 Å². The molecule has 2 nitrogen and oxygen atoms in total. The Morgan fingerprint density at radius 3 is 2.93 bits per heavy atom. The van der Waals surface area contributed by atoms with Crippen LogP contribution < -0.4 is 5.73 Å². The van der Waals surface area contributed by atoms with Crippen molar-refractivity contribution in [3.63, 3.8) is 0 Å². The first-order valence-corrected chi connectivity index (χ1v) is 6.52. The highest BCUT2D eigenvalue weighted by Gasteiger charge is 2.23. The average molecular weight is 224 g/mol. The van der Waals surface area contributed by atoms with Gasteiger partial charge in [-0.15, -0.1) is 11.3 Å². The quantitative estimate of drug-likeness (QED) is 0.851. The Bertz CT molecular complexity index is 321. The smallest absolute Gasteiger partial charge is 0.0180 e. The second-order valence-corrected chi connectivity index (χ2v) is 5.98. The van der Waals surface area contributed by atoms with E-state index in [9.17, 15) is 0 Å². The first-order valence-electron chi connectivity index (χ1n) is 5.70. The predicted octanol–water partition coefficient (Wildman–Crippen LogP) is 2.02. The molecule has 2 rings (SSSR count). The lowest BCUT2D eigenvalue weighted by Gasteiger charge is -2.23. The van der Waals surface area contributed by atoms with Crippen molar-refractivity contribution in [1.29, 1.82) is 0 Å². The van der Waals surface area contributed by atoms with E-state index >= 15 is 0 Å². The highest BCUT2D eigenvalue weighted by Crippen LogP contribution is 2.20. The van der Waals surface area contributed by atoms with Gasteiger partial charge in [0, 0.05) is 34.9 Å². The fraction of sp³-hybridized carbons (Fsp3) is 0.667. The zero-order valence-corrected chi connectivity index (χ0v) is 10.4. The number of nitrogens with two attached hydrogens (primary N) is 1. The Morgan fingerprint density at radius 1 is 1.60 bits per heavy atom. The van der Waals surface area contributed by atoms with Crippen LogP contribution in [0.2, 0.25) is 0 Å². The minimum atomic E-state index is 0.400. The van der Waals surface area contributed by atoms with E-state index in [1.54, 1.807) is 0 Å². The monoisotopic (exact) mass is 224 g/mol. The SMILES string of the molecule is Cc1ccc(CC(C)N2CCC(N)C2)s1. The summed E-state index contributed by atoms with van der Waals surface area (Å²) in [4.78, 5) is 5.43. The first-order chi connectivity index (χ1) is 7.15. The van der Waals surface area contributed by atoms with Crippen LogP contribution in [0, 0.1) is 6.92 Å². The van der Waals surface area contributed by atoms with Crippen molar-refractivity contribution in [2.45, 2.75) is 38.8 Å². The van der Waals surface area contributed by atoms with Crippen molar-refractivity contribution in [2.75, 3.05) is 13.1 Å². The van der Waals surface area contributed by atoms with Crippen LogP contribution >= 0.6 is 11.3 Å². The molecular formula is C12H20N2S. The highest BCUT2D eigenvalue weighted by atomic mass is 32.1. The van der Waals surface area contributed by atoms with E-state index in [1.807, 2.05) is 11.3 Å². The van der Waals surface area contributed by atoms with Crippen molar-refractivity contribution >= 4 is 11.3 Å². The van der Waals surface area contributed by atoms with E-state index in [-0.39, 0.29) is 0 Å². The van der Waals surface area contributed by atoms with Crippen LogP contribution in [0.4, 0.5) is 0 Å². The lowest BCUT2D eigenvalue weighted by molar-refractivity contribution is 0.255. The van der Waals surface area contributed by atoms with Crippen LogP contribution in [0.3, 0.4) is 0 Å². The summed E-state index contributed by atoms with van der Waals surface area (Å²) in [6, 6.07) is 5.50. The van der Waals surface area contributed by atoms with Gasteiger partial charge in [0.1, 0.15) is 0 Å². The molecule has 1 aliphatic heterocycles. The molecule has 0 amide bonds. The van der Waals surface area contributed by atoms with Gasteiger partial charge in [-0.1, -0.05) is 0 Å². The number of nitrogens with zero attached hydrogens (tertiary/aromatic N) is 1. The Kier molecular flexibility index (Phi) is 3.44. The fourth-order valence-electron chi connectivity index (χ4n) is 2.23. The molecule has 1 saturated heterocycles. The van der Waals surface area contributed by atoms with E-state index in [4.69, 9.17) is 5.73 Å². The molecule has 1 aromatic rings. The van der Waals surface area contributed by atoms with Crippen LogP contribution in [0.1, 0.15) is 23.1 Å². The molecule has 1 aromatic heterocycles. The van der Waals surface area contributed by atoms with Crippen LogP contribution in [0.15, 0.2) is 12.1 Å². The van der Waals surface area contributed by atoms with Gasteiger partial charge >= 0.3 is 0 Å². The molecule has 84 valence electrons. The molecule has 15 heavy (non-hydrogen) atoms. The van der Waals surface area contributed by atoms with Crippen molar-refractivity contribution in [3.8, 4) is 0 Å². The lowest BCUT2D eigenvalue weighted by atomic mass is 10.2. The number of rotatable bonds is 3. The molecule has 0 radical (unpaired) electrons. The molecule has 1 aliphatic rings. The maximum atomic E-state index is 5.92. The molecular weight excluding hydrogens is 204 g/mol. The number of likely N-dealkylation sites (tertiary alicyclic amines) is 1. The summed E-state index contributed by atoms with van der Waals surface area (Å²) >= 11 is 1.92. The van der Waals surface area contributed by atoms with Gasteiger partial charge in [-0.25, -0.2) is 0 Å². The average Bonchev–Trinajstić information content (AvgIpc) is 2.75. The molecule has 0 aromatic carbocycles. The topological polar surface area (TPSA) is 29.3 Å². The van der Waals surface area contributed by atoms with Gasteiger partial charge in [-0.05, 0) is 38.8 Å². The first kappa shape index (κ1) is 11.1. The van der Waals surface area contributed by atoms with Crippen LogP contribution in [0.5, 0.6) is 0 Å². The summed E-state index contributed by atoms with van der Waals surface area (Å²) in [6.45, 7) is 6.73. The summed E-state index contributed by atoms with van der Waals surface area (Å²) in [6.07, 6.45) is 2.33. The van der Waals surface area contributed by atoms with Crippen LogP contribution in [-0.2, 0) is 6.42 Å². The van der Waals surface area contributed by atoms with Crippen LogP contribution in [-0.4, -0.2) is 30.1 Å². The standard InChI is InChI=1S/C12H20N2S/c1-9(14-6-5-11(13)8-14)7-12-4-3-10(2)15-12/h3-4,9,11H,5-8,13H2,1-2H3. The zero-order chi connectivity index (χ0) is 10.8. The van der Waals surface area contributed by atoms with Crippen LogP contribution in [0.25, 0.3) is 0 Å². The largest absolute Gasteiger partial charge is 0.326 e. The number of thiophene rings is 1. The third kappa shape index (κ3) is 2.80. The summed E-state index contributed by atoms with van der Waals surface area (Å²) in [5.41, 5.74) is 5.92. The number of aryl methyl sites for hydroxylation is 1. The second-order valence-electron chi connectivity index (χ2n) is 4.61. The van der Waals surface area contributed by atoms with Gasteiger partial charge in [-0.3, -0.25) is 4.90 Å². The maximum absolute atomic E-state index is 5.92. The summed E-state index contributed by atoms with van der Waals surface area (Å²) in [7, 11) is 0. The zero-order valence-electron chi connectivity index (χ0n) is 9.57. The minimum absolute atomic E-state index is 0.400. The van der Waals surface area contributed by atoms with Gasteiger partial charge in [0.2, 0.25) is 0 Å². The molecule has 2 heterocycles. The van der Waals surface area contributed by atoms with E-state index in [2.05, 4.69) is 30.9 Å². The van der Waals surface area contributed by atoms with Crippen molar-refractivity contribution in [1.82, 2.24) is 4.90 Å². The number of hydrogen-bond donors (Lipinski definition) is 1. The predicted molar refractivity (Wildman–Crippen MR) is 66.4 cm³/mol. The Hall–Kier alpha value is -0.380. The van der Waals surface area contributed by atoms with E-state index in [1.165, 1.54) is 22.7 Å². The Balaban J connectivity index is 1.89. The summed E-state index contributed by atoms with van der Waals surface area (Å²) < 4.78 is 0. The van der Waals surface area contributed by atoms with E-state index < -0.39 is 0 Å². The molecule has 1 fully saturated rings. The molecule has 0 spiro atoms. The van der Waals surface area contributed by atoms with Gasteiger partial charge in [-0.2, -0.15) is 0 Å². The maximum Gasteiger partial charge on any atom is 0.0180 e. The van der Waals surface area contributed by atoms with Crippen molar-refractivity contribution in [2.24, 2.45) is 5.73 Å². The van der Waals surface area contributed by atoms with Gasteiger partial charge in [0.25, 0.3) is 0 Å². The third-order valence-electron chi connectivity index (χ3n) is 3.17. The van der Waals surface area contributed by atoms with Gasteiger partial charge < -0.3 is 5.73 Å². The Morgan fingerprint density at radius 2 is 2.40 bits per heavy atom. The molecule has 2 unspecified atom stereocenters. The normalized spacial score (nSPS) is 24.6. The van der Waals surface area contributed by atoms with Gasteiger partial charge in [0.15, 0.2) is 0 Å². The summed E-state index contributed by atoms with van der Waals surface area (Å²) in [5.74, 6) is 0. The molecule has 2 atom stereocenters. The van der Waals surface area contributed by atoms with E-state index in [0.29, 0.717) is 12.1 Å². The van der Waals surface area contributed by atoms with Gasteiger partial charge in [0.05, 0.1) is 0 Å². The highest BCUT2D eigenvalue weighted by molar-refractivity contribution is 7.11. The molecule has 2 N–H and O–H groups in total. The fourth-order valence-corrected chi connectivity index (χ4v) is 3.24. The molecule has 3 heteroatoms. The second kappa shape index (κ2) is 4.64. The Labute approximate surface area is 96.1 Å². The van der Waals surface area contributed by atoms with E-state index in [0.717, 1.165) is 13.0 Å². The minimum Gasteiger partial charge on any atom is -0.326 e. The molecule has 0 saturated carbocycles. The summed E-state index contributed by atoms with van der Waals surface area (Å²) in [5, 5.41) is 0. The van der Waals surface area contributed by atoms with Crippen molar-refractivity contribution in [3.05, 3.63) is 21.9 Å².